The quantitative estimate of drug-likeness (QED) is 0.801. The lowest BCUT2D eigenvalue weighted by atomic mass is 10.1. The molecular formula is C15H23FN2O. The number of ether oxygens (including phenoxy) is 1. The molecule has 1 aliphatic heterocycles. The zero-order valence-corrected chi connectivity index (χ0v) is 11.6. The fourth-order valence-electron chi connectivity index (χ4n) is 2.25. The van der Waals surface area contributed by atoms with Crippen molar-refractivity contribution in [1.29, 1.82) is 0 Å². The molecule has 1 N–H and O–H groups in total. The molecule has 0 aliphatic carbocycles. The monoisotopic (exact) mass is 266 g/mol. The van der Waals surface area contributed by atoms with Crippen molar-refractivity contribution in [3.05, 3.63) is 29.6 Å². The molecule has 0 saturated carbocycles. The summed E-state index contributed by atoms with van der Waals surface area (Å²) in [6.45, 7) is 6.89. The Hall–Kier alpha value is -1.13. The molecule has 0 bridgehead atoms. The number of morpholine rings is 1. The third kappa shape index (κ3) is 4.18. The molecule has 4 heteroatoms. The lowest BCUT2D eigenvalue weighted by Gasteiger charge is -2.29. The number of hydrogen-bond acceptors (Lipinski definition) is 3. The van der Waals surface area contributed by atoms with Gasteiger partial charge in [-0.2, -0.15) is 0 Å². The average molecular weight is 266 g/mol. The summed E-state index contributed by atoms with van der Waals surface area (Å²) in [5, 5.41) is 3.39. The average Bonchev–Trinajstić information content (AvgIpc) is 2.46. The second kappa shape index (κ2) is 7.46. The first-order chi connectivity index (χ1) is 9.31. The highest BCUT2D eigenvalue weighted by Crippen LogP contribution is 2.22. The number of nitrogens with zero attached hydrogens (tertiary/aromatic N) is 1. The zero-order valence-electron chi connectivity index (χ0n) is 11.6. The molecule has 3 nitrogen and oxygen atoms in total. The van der Waals surface area contributed by atoms with Crippen molar-refractivity contribution in [3.63, 3.8) is 0 Å². The SMILES string of the molecule is CCCCNCc1ccc(F)c(N2CCOCC2)c1. The fourth-order valence-corrected chi connectivity index (χ4v) is 2.25. The molecule has 0 amide bonds. The van der Waals surface area contributed by atoms with E-state index in [0.29, 0.717) is 18.9 Å². The first-order valence-corrected chi connectivity index (χ1v) is 7.13. The molecule has 1 heterocycles. The molecule has 106 valence electrons. The minimum Gasteiger partial charge on any atom is -0.378 e. The van der Waals surface area contributed by atoms with Crippen LogP contribution in [0, 0.1) is 5.82 Å². The Morgan fingerprint density at radius 2 is 2.11 bits per heavy atom. The molecule has 2 rings (SSSR count). The Kier molecular flexibility index (Phi) is 5.61. The van der Waals surface area contributed by atoms with E-state index in [0.717, 1.165) is 31.7 Å². The highest BCUT2D eigenvalue weighted by atomic mass is 19.1. The van der Waals surface area contributed by atoms with Crippen LogP contribution in [-0.2, 0) is 11.3 Å². The van der Waals surface area contributed by atoms with Gasteiger partial charge in [0.05, 0.1) is 18.9 Å². The summed E-state index contributed by atoms with van der Waals surface area (Å²) in [6, 6.07) is 5.39. The first kappa shape index (κ1) is 14.3. The van der Waals surface area contributed by atoms with Gasteiger partial charge in [-0.1, -0.05) is 19.4 Å². The summed E-state index contributed by atoms with van der Waals surface area (Å²) in [7, 11) is 0. The Morgan fingerprint density at radius 3 is 2.84 bits per heavy atom. The van der Waals surface area contributed by atoms with Crippen LogP contribution in [0.2, 0.25) is 0 Å². The minimum atomic E-state index is -0.140. The van der Waals surface area contributed by atoms with Gasteiger partial charge in [0, 0.05) is 19.6 Å². The van der Waals surface area contributed by atoms with E-state index < -0.39 is 0 Å². The van der Waals surface area contributed by atoms with Crippen LogP contribution in [0.1, 0.15) is 25.3 Å². The predicted molar refractivity (Wildman–Crippen MR) is 76.0 cm³/mol. The van der Waals surface area contributed by atoms with Crippen LogP contribution in [0.5, 0.6) is 0 Å². The normalized spacial score (nSPS) is 15.8. The topological polar surface area (TPSA) is 24.5 Å². The smallest absolute Gasteiger partial charge is 0.146 e. The molecule has 1 saturated heterocycles. The van der Waals surface area contributed by atoms with E-state index in [1.807, 2.05) is 12.1 Å². The third-order valence-corrected chi connectivity index (χ3v) is 3.40. The Labute approximate surface area is 114 Å². The number of benzene rings is 1. The van der Waals surface area contributed by atoms with Gasteiger partial charge in [0.1, 0.15) is 5.82 Å². The Bertz CT molecular complexity index is 392. The van der Waals surface area contributed by atoms with E-state index in [1.165, 1.54) is 12.8 Å². The van der Waals surface area contributed by atoms with E-state index in [4.69, 9.17) is 4.74 Å². The van der Waals surface area contributed by atoms with Crippen molar-refractivity contribution < 1.29 is 9.13 Å². The summed E-state index contributed by atoms with van der Waals surface area (Å²) in [5.74, 6) is -0.140. The van der Waals surface area contributed by atoms with Crippen molar-refractivity contribution in [2.24, 2.45) is 0 Å². The van der Waals surface area contributed by atoms with E-state index >= 15 is 0 Å². The summed E-state index contributed by atoms with van der Waals surface area (Å²) < 4.78 is 19.2. The van der Waals surface area contributed by atoms with Gasteiger partial charge in [-0.3, -0.25) is 0 Å². The molecule has 19 heavy (non-hydrogen) atoms. The van der Waals surface area contributed by atoms with Crippen molar-refractivity contribution in [2.45, 2.75) is 26.3 Å². The Balaban J connectivity index is 1.97. The number of anilines is 1. The lowest BCUT2D eigenvalue weighted by molar-refractivity contribution is 0.122. The number of rotatable bonds is 6. The summed E-state index contributed by atoms with van der Waals surface area (Å²) in [4.78, 5) is 2.06. The maximum Gasteiger partial charge on any atom is 0.146 e. The van der Waals surface area contributed by atoms with Gasteiger partial charge in [0.15, 0.2) is 0 Å². The van der Waals surface area contributed by atoms with Crippen LogP contribution in [0.4, 0.5) is 10.1 Å². The van der Waals surface area contributed by atoms with E-state index in [1.54, 1.807) is 6.07 Å². The lowest BCUT2D eigenvalue weighted by Crippen LogP contribution is -2.36. The van der Waals surface area contributed by atoms with Crippen LogP contribution >= 0.6 is 0 Å². The summed E-state index contributed by atoms with van der Waals surface area (Å²) in [6.07, 6.45) is 2.37. The third-order valence-electron chi connectivity index (χ3n) is 3.40. The molecule has 1 aromatic carbocycles. The van der Waals surface area contributed by atoms with Gasteiger partial charge in [0.25, 0.3) is 0 Å². The van der Waals surface area contributed by atoms with E-state index in [9.17, 15) is 4.39 Å². The predicted octanol–water partition coefficient (Wildman–Crippen LogP) is 2.55. The summed E-state index contributed by atoms with van der Waals surface area (Å²) in [5.41, 5.74) is 1.84. The van der Waals surface area contributed by atoms with Gasteiger partial charge in [0.2, 0.25) is 0 Å². The van der Waals surface area contributed by atoms with E-state index in [2.05, 4.69) is 17.1 Å². The summed E-state index contributed by atoms with van der Waals surface area (Å²) >= 11 is 0. The number of unbranched alkanes of at least 4 members (excludes halogenated alkanes) is 1. The fraction of sp³-hybridized carbons (Fsp3) is 0.600. The van der Waals surface area contributed by atoms with Gasteiger partial charge in [-0.05, 0) is 30.7 Å². The van der Waals surface area contributed by atoms with Gasteiger partial charge in [-0.15, -0.1) is 0 Å². The van der Waals surface area contributed by atoms with Crippen LogP contribution in [0.3, 0.4) is 0 Å². The van der Waals surface area contributed by atoms with Crippen LogP contribution < -0.4 is 10.2 Å². The maximum absolute atomic E-state index is 13.9. The van der Waals surface area contributed by atoms with Crippen molar-refractivity contribution >= 4 is 5.69 Å². The number of hydrogen-bond donors (Lipinski definition) is 1. The number of nitrogens with one attached hydrogen (secondary N) is 1. The van der Waals surface area contributed by atoms with Crippen LogP contribution in [0.15, 0.2) is 18.2 Å². The molecule has 0 radical (unpaired) electrons. The molecule has 0 spiro atoms. The molecule has 0 atom stereocenters. The number of halogens is 1. The van der Waals surface area contributed by atoms with Crippen molar-refractivity contribution in [1.82, 2.24) is 5.32 Å². The molecule has 1 aliphatic rings. The maximum atomic E-state index is 13.9. The Morgan fingerprint density at radius 1 is 1.32 bits per heavy atom. The van der Waals surface area contributed by atoms with Crippen molar-refractivity contribution in [2.75, 3.05) is 37.7 Å². The van der Waals surface area contributed by atoms with Crippen LogP contribution in [-0.4, -0.2) is 32.8 Å². The van der Waals surface area contributed by atoms with Crippen molar-refractivity contribution in [3.8, 4) is 0 Å². The first-order valence-electron chi connectivity index (χ1n) is 7.13. The van der Waals surface area contributed by atoms with Gasteiger partial charge >= 0.3 is 0 Å². The van der Waals surface area contributed by atoms with E-state index in [-0.39, 0.29) is 5.82 Å². The van der Waals surface area contributed by atoms with Gasteiger partial charge < -0.3 is 15.0 Å². The minimum absolute atomic E-state index is 0.140. The highest BCUT2D eigenvalue weighted by molar-refractivity contribution is 5.50. The highest BCUT2D eigenvalue weighted by Gasteiger charge is 2.15. The molecule has 0 unspecified atom stereocenters. The standard InChI is InChI=1S/C15H23FN2O/c1-2-3-6-17-12-13-4-5-14(16)15(11-13)18-7-9-19-10-8-18/h4-5,11,17H,2-3,6-10,12H2,1H3. The largest absolute Gasteiger partial charge is 0.378 e. The molecule has 0 aromatic heterocycles. The molecule has 1 fully saturated rings. The molecule has 1 aromatic rings. The second-order valence-corrected chi connectivity index (χ2v) is 4.92. The second-order valence-electron chi connectivity index (χ2n) is 4.92. The molecular weight excluding hydrogens is 243 g/mol. The van der Waals surface area contributed by atoms with Crippen LogP contribution in [0.25, 0.3) is 0 Å². The zero-order chi connectivity index (χ0) is 13.5. The van der Waals surface area contributed by atoms with Gasteiger partial charge in [-0.25, -0.2) is 4.39 Å².